The van der Waals surface area contributed by atoms with Crippen LogP contribution in [0.3, 0.4) is 0 Å². The topological polar surface area (TPSA) is 35.5 Å². The monoisotopic (exact) mass is 398 g/mol. The smallest absolute Gasteiger partial charge is 0.495 e. The molecule has 0 bridgehead atoms. The van der Waals surface area contributed by atoms with Crippen molar-refractivity contribution in [3.8, 4) is 11.5 Å². The van der Waals surface area contributed by atoms with Gasteiger partial charge in [0.25, 0.3) is 0 Å². The maximum atomic E-state index is 12.7. The van der Waals surface area contributed by atoms with Crippen LogP contribution in [-0.4, -0.2) is 25.4 Å². The number of hydrogen-bond donors (Lipinski definition) is 0. The van der Waals surface area contributed by atoms with Crippen LogP contribution < -0.4 is 28.3 Å². The van der Waals surface area contributed by atoms with Gasteiger partial charge < -0.3 is 22.8 Å². The van der Waals surface area contributed by atoms with Crippen molar-refractivity contribution in [2.24, 2.45) is 0 Å². The van der Waals surface area contributed by atoms with E-state index in [0.717, 1.165) is 21.4 Å². The average molecular weight is 400 g/mol. The zero-order valence-corrected chi connectivity index (χ0v) is 16.4. The summed E-state index contributed by atoms with van der Waals surface area (Å²) in [7, 11) is 3.87. The van der Waals surface area contributed by atoms with E-state index in [1.165, 1.54) is 26.4 Å². The molecular formula is C15H18BrClLiO3P. The number of benzene rings is 1. The maximum Gasteiger partial charge on any atom is 1.00 e. The third kappa shape index (κ3) is 4.65. The van der Waals surface area contributed by atoms with Gasteiger partial charge in [-0.15, -0.1) is 0 Å². The molecule has 1 aliphatic carbocycles. The van der Waals surface area contributed by atoms with E-state index in [2.05, 4.69) is 15.9 Å². The summed E-state index contributed by atoms with van der Waals surface area (Å²) < 4.78 is 11.4. The molecule has 0 saturated heterocycles. The zero-order valence-electron chi connectivity index (χ0n) is 13.1. The second-order valence-electron chi connectivity index (χ2n) is 5.01. The first-order valence-electron chi connectivity index (χ1n) is 6.93. The molecule has 0 N–H and O–H groups in total. The molecule has 0 amide bonds. The Kier molecular flexibility index (Phi) is 8.83. The van der Waals surface area contributed by atoms with Gasteiger partial charge >= 0.3 is 18.9 Å². The van der Waals surface area contributed by atoms with Gasteiger partial charge in [0.2, 0.25) is 0 Å². The van der Waals surface area contributed by atoms with E-state index in [4.69, 9.17) is 21.1 Å². The summed E-state index contributed by atoms with van der Waals surface area (Å²) in [6.07, 6.45) is 5.91. The fourth-order valence-electron chi connectivity index (χ4n) is 2.62. The average Bonchev–Trinajstić information content (AvgIpc) is 2.47. The van der Waals surface area contributed by atoms with Crippen LogP contribution in [0.5, 0.6) is 11.5 Å². The van der Waals surface area contributed by atoms with Crippen molar-refractivity contribution < 1.29 is 33.1 Å². The fourth-order valence-corrected chi connectivity index (χ4v) is 4.91. The molecule has 3 nitrogen and oxygen atoms in total. The Hall–Kier alpha value is 0.287. The second kappa shape index (κ2) is 9.55. The van der Waals surface area contributed by atoms with Gasteiger partial charge in [-0.2, -0.15) is 5.66 Å². The summed E-state index contributed by atoms with van der Waals surface area (Å²) in [5.74, 6) is 0.884. The van der Waals surface area contributed by atoms with Crippen LogP contribution in [0, 0.1) is 0 Å². The molecule has 0 atom stereocenters. The molecule has 1 aromatic carbocycles. The zero-order chi connectivity index (χ0) is 15.4. The van der Waals surface area contributed by atoms with Crippen molar-refractivity contribution in [3.05, 3.63) is 21.1 Å². The summed E-state index contributed by atoms with van der Waals surface area (Å²) in [6.45, 7) is 0. The van der Waals surface area contributed by atoms with Crippen LogP contribution in [0.2, 0.25) is 5.02 Å². The van der Waals surface area contributed by atoms with Gasteiger partial charge in [-0.1, -0.05) is 43.7 Å². The molecular weight excluding hydrogens is 381 g/mol. The number of methoxy groups -OCH3 is 2. The Balaban J connectivity index is 0.00000242. The van der Waals surface area contributed by atoms with E-state index >= 15 is 0 Å². The van der Waals surface area contributed by atoms with Crippen LogP contribution >= 0.6 is 36.1 Å². The van der Waals surface area contributed by atoms with Crippen molar-refractivity contribution >= 4 is 41.6 Å². The molecule has 2 rings (SSSR count). The molecule has 1 saturated carbocycles. The Morgan fingerprint density at radius 1 is 1.23 bits per heavy atom. The largest absolute Gasteiger partial charge is 1.00 e. The molecule has 0 radical (unpaired) electrons. The van der Waals surface area contributed by atoms with Gasteiger partial charge in [0, 0.05) is 5.52 Å². The first-order chi connectivity index (χ1) is 10.1. The SMILES string of the molecule is COc1c(Cl)cc(Br)c(OC)c1C(=O)[P-]C1CCCCC1.[Li+]. The van der Waals surface area contributed by atoms with Crippen molar-refractivity contribution in [2.75, 3.05) is 14.2 Å². The van der Waals surface area contributed by atoms with Gasteiger partial charge in [0.1, 0.15) is 11.5 Å². The van der Waals surface area contributed by atoms with Crippen LogP contribution in [0.25, 0.3) is 0 Å². The Morgan fingerprint density at radius 2 is 1.82 bits per heavy atom. The van der Waals surface area contributed by atoms with Gasteiger partial charge in [-0.3, -0.25) is 0 Å². The van der Waals surface area contributed by atoms with Crippen molar-refractivity contribution in [1.82, 2.24) is 0 Å². The van der Waals surface area contributed by atoms with Gasteiger partial charge in [-0.25, -0.2) is 0 Å². The van der Waals surface area contributed by atoms with Gasteiger partial charge in [0.05, 0.1) is 29.3 Å². The predicted molar refractivity (Wildman–Crippen MR) is 90.4 cm³/mol. The molecule has 0 aromatic heterocycles. The van der Waals surface area contributed by atoms with E-state index in [1.54, 1.807) is 13.2 Å². The normalized spacial score (nSPS) is 15.6. The molecule has 0 unspecified atom stereocenters. The van der Waals surface area contributed by atoms with Crippen molar-refractivity contribution in [2.45, 2.75) is 37.8 Å². The van der Waals surface area contributed by atoms with Crippen LogP contribution in [0.4, 0.5) is 0 Å². The van der Waals surface area contributed by atoms with Crippen molar-refractivity contribution in [1.29, 1.82) is 0 Å². The van der Waals surface area contributed by atoms with Crippen molar-refractivity contribution in [3.63, 3.8) is 0 Å². The van der Waals surface area contributed by atoms with Crippen LogP contribution in [0.15, 0.2) is 10.5 Å². The molecule has 1 aliphatic rings. The summed E-state index contributed by atoms with van der Waals surface area (Å²) in [5, 5.41) is 0.410. The summed E-state index contributed by atoms with van der Waals surface area (Å²) in [6, 6.07) is 1.69. The standard InChI is InChI=1S/C15H18BrClO3P.Li/c1-19-13-10(16)8-11(17)14(20-2)12(13)15(18)21-9-6-4-3-5-7-9;/h8-9H,3-7H2,1-2H3;/q-1;+1. The first-order valence-corrected chi connectivity index (χ1v) is 9.07. The van der Waals surface area contributed by atoms with Gasteiger partial charge in [-0.05, 0) is 22.0 Å². The molecule has 116 valence electrons. The Labute approximate surface area is 158 Å². The van der Waals surface area contributed by atoms with E-state index in [0.29, 0.717) is 32.2 Å². The second-order valence-corrected chi connectivity index (χ2v) is 7.66. The van der Waals surface area contributed by atoms with E-state index in [-0.39, 0.29) is 24.4 Å². The number of carbonyl (C=O) groups excluding carboxylic acids is 1. The van der Waals surface area contributed by atoms with E-state index in [1.807, 2.05) is 0 Å². The third-order valence-electron chi connectivity index (χ3n) is 3.64. The predicted octanol–water partition coefficient (Wildman–Crippen LogP) is 2.54. The maximum absolute atomic E-state index is 12.7. The Morgan fingerprint density at radius 3 is 2.36 bits per heavy atom. The summed E-state index contributed by atoms with van der Waals surface area (Å²) in [5.41, 5.74) is 0.879. The molecule has 0 heterocycles. The molecule has 0 aliphatic heterocycles. The number of ether oxygens (including phenoxy) is 2. The number of hydrogen-bond acceptors (Lipinski definition) is 3. The molecule has 1 aromatic rings. The molecule has 0 spiro atoms. The Bertz CT molecular complexity index is 508. The number of rotatable bonds is 5. The summed E-state index contributed by atoms with van der Waals surface area (Å²) >= 11 is 9.58. The molecule has 7 heteroatoms. The minimum absolute atomic E-state index is 0. The minimum atomic E-state index is 0. The molecule has 1 fully saturated rings. The fraction of sp³-hybridized carbons (Fsp3) is 0.533. The minimum Gasteiger partial charge on any atom is -0.495 e. The van der Waals surface area contributed by atoms with Crippen LogP contribution in [-0.2, 0) is 0 Å². The van der Waals surface area contributed by atoms with E-state index in [9.17, 15) is 4.79 Å². The number of halogens is 2. The first kappa shape index (κ1) is 20.3. The summed E-state index contributed by atoms with van der Waals surface area (Å²) in [4.78, 5) is 12.7. The number of carbonyl (C=O) groups is 1. The third-order valence-corrected chi connectivity index (χ3v) is 5.85. The van der Waals surface area contributed by atoms with Crippen LogP contribution in [0.1, 0.15) is 42.5 Å². The van der Waals surface area contributed by atoms with Gasteiger partial charge in [0.15, 0.2) is 0 Å². The van der Waals surface area contributed by atoms with E-state index < -0.39 is 0 Å². The molecule has 22 heavy (non-hydrogen) atoms. The quantitative estimate of drug-likeness (QED) is 0.564.